The summed E-state index contributed by atoms with van der Waals surface area (Å²) in [5.41, 5.74) is 1.25. The maximum Gasteiger partial charge on any atom is 0.448 e. The summed E-state index contributed by atoms with van der Waals surface area (Å²) in [6, 6.07) is 7.09. The molecule has 0 saturated heterocycles. The van der Waals surface area contributed by atoms with Crippen LogP contribution in [0.25, 0.3) is 0 Å². The number of phenols is 1. The minimum absolute atomic E-state index is 0.0618. The van der Waals surface area contributed by atoms with Gasteiger partial charge in [-0.25, -0.2) is 4.57 Å². The normalized spacial score (nSPS) is 19.8. The molecule has 0 spiro atoms. The summed E-state index contributed by atoms with van der Waals surface area (Å²) in [7, 11) is -4.52. The summed E-state index contributed by atoms with van der Waals surface area (Å²) in [4.78, 5) is 18.0. The maximum absolute atomic E-state index is 11.0. The zero-order chi connectivity index (χ0) is 16.9. The summed E-state index contributed by atoms with van der Waals surface area (Å²) in [5.74, 6) is -0.0368. The molecule has 6 nitrogen and oxygen atoms in total. The van der Waals surface area contributed by atoms with Crippen LogP contribution in [0.15, 0.2) is 53.0 Å². The van der Waals surface area contributed by atoms with Crippen molar-refractivity contribution in [1.82, 2.24) is 0 Å². The number of aromatic hydroxyl groups is 1. The van der Waals surface area contributed by atoms with Crippen LogP contribution < -0.4 is 0 Å². The number of benzene rings is 1. The first kappa shape index (κ1) is 17.5. The van der Waals surface area contributed by atoms with E-state index in [-0.39, 0.29) is 23.1 Å². The lowest BCUT2D eigenvalue weighted by molar-refractivity contribution is 0.375. The smallest absolute Gasteiger partial charge is 0.448 e. The van der Waals surface area contributed by atoms with Gasteiger partial charge in [0.25, 0.3) is 0 Å². The molecule has 0 radical (unpaired) electrons. The number of allylic oxidation sites excluding steroid dienone is 3. The molecule has 1 aromatic rings. The molecule has 0 fully saturated rings. The van der Waals surface area contributed by atoms with Gasteiger partial charge < -0.3 is 20.0 Å². The van der Waals surface area contributed by atoms with Gasteiger partial charge in [-0.3, -0.25) is 0 Å². The van der Waals surface area contributed by atoms with Crippen LogP contribution in [0, 0.1) is 5.92 Å². The van der Waals surface area contributed by atoms with Crippen LogP contribution in [0.1, 0.15) is 24.8 Å². The molecule has 23 heavy (non-hydrogen) atoms. The van der Waals surface area contributed by atoms with Crippen molar-refractivity contribution in [2.75, 3.05) is 0 Å². The van der Waals surface area contributed by atoms with Crippen molar-refractivity contribution in [3.63, 3.8) is 0 Å². The van der Waals surface area contributed by atoms with Gasteiger partial charge in [0.15, 0.2) is 0 Å². The van der Waals surface area contributed by atoms with E-state index in [0.29, 0.717) is 6.42 Å². The zero-order valence-electron chi connectivity index (χ0n) is 12.5. The molecule has 7 heteroatoms. The van der Waals surface area contributed by atoms with Gasteiger partial charge in [0.1, 0.15) is 11.5 Å². The summed E-state index contributed by atoms with van der Waals surface area (Å²) in [5, 5.41) is 18.9. The lowest BCUT2D eigenvalue weighted by Crippen LogP contribution is -2.14. The highest BCUT2D eigenvalue weighted by Crippen LogP contribution is 2.38. The second-order valence-electron chi connectivity index (χ2n) is 5.49. The molecule has 0 aromatic heterocycles. The molecule has 0 heterocycles. The zero-order valence-corrected chi connectivity index (χ0v) is 13.4. The third-order valence-electron chi connectivity index (χ3n) is 3.56. The Morgan fingerprint density at radius 3 is 2.65 bits per heavy atom. The average molecular weight is 337 g/mol. The third-order valence-corrected chi connectivity index (χ3v) is 4.05. The molecule has 0 saturated carbocycles. The molecule has 1 aromatic carbocycles. The fourth-order valence-electron chi connectivity index (χ4n) is 2.52. The second kappa shape index (κ2) is 7.59. The van der Waals surface area contributed by atoms with Gasteiger partial charge in [-0.05, 0) is 43.0 Å². The Labute approximate surface area is 134 Å². The predicted molar refractivity (Wildman–Crippen MR) is 88.5 cm³/mol. The number of aliphatic hydroxyl groups excluding tert-OH is 1. The van der Waals surface area contributed by atoms with E-state index >= 15 is 0 Å². The fourth-order valence-corrected chi connectivity index (χ4v) is 3.03. The Balaban J connectivity index is 1.90. The average Bonchev–Trinajstić information content (AvgIpc) is 2.44. The summed E-state index contributed by atoms with van der Waals surface area (Å²) in [6.45, 7) is 0. The molecular formula is C16H20NO5P. The molecule has 0 bridgehead atoms. The highest BCUT2D eigenvalue weighted by atomic mass is 31.2. The molecule has 1 aliphatic rings. The highest BCUT2D eigenvalue weighted by molar-refractivity contribution is 7.50. The number of hydrogen-bond acceptors (Lipinski definition) is 3. The van der Waals surface area contributed by atoms with Gasteiger partial charge in [0, 0.05) is 12.0 Å². The van der Waals surface area contributed by atoms with Crippen molar-refractivity contribution in [3.8, 4) is 5.75 Å². The molecule has 1 unspecified atom stereocenters. The van der Waals surface area contributed by atoms with Crippen molar-refractivity contribution in [3.05, 3.63) is 53.8 Å². The second-order valence-corrected chi connectivity index (χ2v) is 6.72. The van der Waals surface area contributed by atoms with E-state index in [1.54, 1.807) is 24.3 Å². The Hall–Kier alpha value is -1.88. The SMILES string of the molecule is O=P(O)(O)/N=C1\C=C(O)C=CC1CCCCc1cccc(O)c1. The van der Waals surface area contributed by atoms with E-state index in [1.807, 2.05) is 6.07 Å². The number of aliphatic hydroxyl groups is 1. The molecular weight excluding hydrogens is 317 g/mol. The largest absolute Gasteiger partial charge is 0.508 e. The van der Waals surface area contributed by atoms with Crippen molar-refractivity contribution in [2.24, 2.45) is 10.7 Å². The van der Waals surface area contributed by atoms with E-state index in [9.17, 15) is 14.8 Å². The van der Waals surface area contributed by atoms with Crippen molar-refractivity contribution in [1.29, 1.82) is 0 Å². The van der Waals surface area contributed by atoms with Gasteiger partial charge in [0.05, 0.1) is 5.71 Å². The topological polar surface area (TPSA) is 110 Å². The van der Waals surface area contributed by atoms with Gasteiger partial charge in [0.2, 0.25) is 0 Å². The Kier molecular flexibility index (Phi) is 5.77. The van der Waals surface area contributed by atoms with Gasteiger partial charge in [-0.2, -0.15) is 4.76 Å². The van der Waals surface area contributed by atoms with E-state index in [4.69, 9.17) is 9.79 Å². The molecule has 1 atom stereocenters. The Bertz CT molecular complexity index is 689. The molecule has 0 aliphatic heterocycles. The van der Waals surface area contributed by atoms with Gasteiger partial charge >= 0.3 is 7.75 Å². The first-order valence-corrected chi connectivity index (χ1v) is 8.92. The predicted octanol–water partition coefficient (Wildman–Crippen LogP) is 3.27. The van der Waals surface area contributed by atoms with Gasteiger partial charge in [-0.15, -0.1) is 0 Å². The number of rotatable bonds is 6. The van der Waals surface area contributed by atoms with Crippen molar-refractivity contribution >= 4 is 13.5 Å². The molecule has 4 N–H and O–H groups in total. The van der Waals surface area contributed by atoms with Crippen LogP contribution >= 0.6 is 7.75 Å². The molecule has 1 aliphatic carbocycles. The van der Waals surface area contributed by atoms with Crippen LogP contribution in [-0.2, 0) is 11.0 Å². The number of aryl methyl sites for hydroxylation is 1. The summed E-state index contributed by atoms with van der Waals surface area (Å²) in [6.07, 6.45) is 7.72. The summed E-state index contributed by atoms with van der Waals surface area (Å²) >= 11 is 0. The lowest BCUT2D eigenvalue weighted by Gasteiger charge is -2.17. The van der Waals surface area contributed by atoms with E-state index in [1.165, 1.54) is 12.2 Å². The minimum atomic E-state index is -4.52. The monoisotopic (exact) mass is 337 g/mol. The summed E-state index contributed by atoms with van der Waals surface area (Å²) < 4.78 is 14.5. The Morgan fingerprint density at radius 2 is 1.96 bits per heavy atom. The molecule has 0 amide bonds. The van der Waals surface area contributed by atoms with E-state index in [0.717, 1.165) is 24.8 Å². The Morgan fingerprint density at radius 1 is 1.17 bits per heavy atom. The van der Waals surface area contributed by atoms with E-state index < -0.39 is 7.75 Å². The molecule has 2 rings (SSSR count). The minimum Gasteiger partial charge on any atom is -0.508 e. The molecule has 124 valence electrons. The number of phenolic OH excluding ortho intramolecular Hbond substituents is 1. The number of hydrogen-bond donors (Lipinski definition) is 4. The number of nitrogens with zero attached hydrogens (tertiary/aromatic N) is 1. The van der Waals surface area contributed by atoms with Crippen LogP contribution in [0.2, 0.25) is 0 Å². The van der Waals surface area contributed by atoms with Crippen LogP contribution in [0.3, 0.4) is 0 Å². The lowest BCUT2D eigenvalue weighted by atomic mass is 9.92. The fraction of sp³-hybridized carbons (Fsp3) is 0.312. The van der Waals surface area contributed by atoms with Crippen LogP contribution in [0.4, 0.5) is 0 Å². The maximum atomic E-state index is 11.0. The first-order chi connectivity index (χ1) is 10.8. The van der Waals surface area contributed by atoms with Crippen molar-refractivity contribution in [2.45, 2.75) is 25.7 Å². The quantitative estimate of drug-likeness (QED) is 0.470. The number of unbranched alkanes of at least 4 members (excludes halogenated alkanes) is 1. The van der Waals surface area contributed by atoms with E-state index in [2.05, 4.69) is 4.76 Å². The van der Waals surface area contributed by atoms with Crippen LogP contribution in [0.5, 0.6) is 5.75 Å². The van der Waals surface area contributed by atoms with Crippen LogP contribution in [-0.4, -0.2) is 25.7 Å². The van der Waals surface area contributed by atoms with Gasteiger partial charge in [-0.1, -0.05) is 24.6 Å². The van der Waals surface area contributed by atoms with Crippen molar-refractivity contribution < 1.29 is 24.6 Å². The third kappa shape index (κ3) is 6.02. The standard InChI is InChI=1S/C16H20NO5P/c18-14-7-3-5-12(10-14)4-1-2-6-13-8-9-15(19)11-16(13)17-23(20,21)22/h3,5,7-11,13,18-19H,1-2,4,6H2,(H2,20,21,22)/b17-16+. The first-order valence-electron chi connectivity index (χ1n) is 7.36. The highest BCUT2D eigenvalue weighted by Gasteiger charge is 2.20.